The average Bonchev–Trinajstić information content (AvgIpc) is 2.72. The van der Waals surface area contributed by atoms with Gasteiger partial charge in [0, 0.05) is 5.69 Å². The van der Waals surface area contributed by atoms with Crippen molar-refractivity contribution in [2.75, 3.05) is 25.6 Å². The van der Waals surface area contributed by atoms with E-state index in [1.54, 1.807) is 31.2 Å². The number of esters is 1. The van der Waals surface area contributed by atoms with Crippen LogP contribution >= 0.6 is 15.9 Å². The first-order chi connectivity index (χ1) is 14.4. The van der Waals surface area contributed by atoms with Gasteiger partial charge in [-0.25, -0.2) is 4.79 Å². The second-order valence-corrected chi connectivity index (χ2v) is 6.92. The lowest BCUT2D eigenvalue weighted by molar-refractivity contribution is -0.145. The molecule has 0 aliphatic heterocycles. The molecule has 0 aliphatic carbocycles. The van der Waals surface area contributed by atoms with Crippen molar-refractivity contribution in [2.24, 2.45) is 0 Å². The summed E-state index contributed by atoms with van der Waals surface area (Å²) < 4.78 is 16.1. The van der Waals surface area contributed by atoms with Crippen molar-refractivity contribution in [1.82, 2.24) is 0 Å². The van der Waals surface area contributed by atoms with Crippen LogP contribution in [0.1, 0.15) is 18.1 Å². The summed E-state index contributed by atoms with van der Waals surface area (Å²) in [5.41, 5.74) is 1.98. The normalized spacial score (nSPS) is 10.7. The lowest BCUT2D eigenvalue weighted by Crippen LogP contribution is -2.15. The number of carbonyl (C=O) groups excluding carboxylic acids is 2. The van der Waals surface area contributed by atoms with Crippen LogP contribution in [0.4, 0.5) is 5.69 Å². The number of hydrogen-bond donors (Lipinski definition) is 1. The summed E-state index contributed by atoms with van der Waals surface area (Å²) in [7, 11) is 1.45. The molecule has 156 valence electrons. The maximum Gasteiger partial charge on any atom is 0.344 e. The summed E-state index contributed by atoms with van der Waals surface area (Å²) in [5, 5.41) is 12.2. The number of carbonyl (C=O) groups is 2. The molecule has 0 aliphatic rings. The molecule has 0 heterocycles. The average molecular weight is 473 g/mol. The molecule has 7 nitrogen and oxygen atoms in total. The van der Waals surface area contributed by atoms with E-state index in [9.17, 15) is 14.9 Å². The van der Waals surface area contributed by atoms with Gasteiger partial charge in [-0.05, 0) is 65.2 Å². The number of nitrogens with zero attached hydrogens (tertiary/aromatic N) is 1. The van der Waals surface area contributed by atoms with Gasteiger partial charge in [0.1, 0.15) is 11.6 Å². The van der Waals surface area contributed by atoms with Gasteiger partial charge in [-0.3, -0.25) is 4.79 Å². The Labute approximate surface area is 183 Å². The van der Waals surface area contributed by atoms with E-state index < -0.39 is 11.9 Å². The summed E-state index contributed by atoms with van der Waals surface area (Å²) >= 11 is 3.37. The number of hydrogen-bond acceptors (Lipinski definition) is 6. The van der Waals surface area contributed by atoms with Crippen molar-refractivity contribution in [3.8, 4) is 17.6 Å². The molecular weight excluding hydrogens is 452 g/mol. The van der Waals surface area contributed by atoms with Crippen LogP contribution in [0.2, 0.25) is 0 Å². The molecule has 0 bridgehead atoms. The fourth-order valence-corrected chi connectivity index (χ4v) is 3.09. The number of nitriles is 1. The number of anilines is 1. The van der Waals surface area contributed by atoms with Crippen LogP contribution in [0.3, 0.4) is 0 Å². The highest BCUT2D eigenvalue weighted by molar-refractivity contribution is 9.10. The lowest BCUT2D eigenvalue weighted by Gasteiger charge is -2.13. The third kappa shape index (κ3) is 6.09. The van der Waals surface area contributed by atoms with Crippen LogP contribution in [0.5, 0.6) is 11.5 Å². The van der Waals surface area contributed by atoms with E-state index in [0.717, 1.165) is 5.56 Å². The van der Waals surface area contributed by atoms with Gasteiger partial charge < -0.3 is 19.5 Å². The summed E-state index contributed by atoms with van der Waals surface area (Å²) in [6, 6.07) is 12.5. The number of nitrogens with one attached hydrogen (secondary N) is 1. The second-order valence-electron chi connectivity index (χ2n) is 6.07. The van der Waals surface area contributed by atoms with Gasteiger partial charge in [-0.15, -0.1) is 0 Å². The summed E-state index contributed by atoms with van der Waals surface area (Å²) in [4.78, 5) is 24.1. The predicted octanol–water partition coefficient (Wildman–Crippen LogP) is 4.25. The van der Waals surface area contributed by atoms with Gasteiger partial charge in [-0.2, -0.15) is 5.26 Å². The van der Waals surface area contributed by atoms with Crippen molar-refractivity contribution in [3.05, 3.63) is 57.6 Å². The molecule has 0 unspecified atom stereocenters. The van der Waals surface area contributed by atoms with Crippen LogP contribution in [-0.4, -0.2) is 32.2 Å². The maximum atomic E-state index is 12.5. The van der Waals surface area contributed by atoms with Crippen LogP contribution in [0, 0.1) is 18.3 Å². The zero-order valence-electron chi connectivity index (χ0n) is 16.8. The molecule has 0 aromatic heterocycles. The van der Waals surface area contributed by atoms with E-state index in [1.165, 1.54) is 13.2 Å². The van der Waals surface area contributed by atoms with E-state index >= 15 is 0 Å². The molecule has 0 saturated carbocycles. The molecule has 30 heavy (non-hydrogen) atoms. The molecule has 1 N–H and O–H groups in total. The Morgan fingerprint density at radius 3 is 2.63 bits per heavy atom. The van der Waals surface area contributed by atoms with Crippen LogP contribution in [0.25, 0.3) is 6.08 Å². The largest absolute Gasteiger partial charge is 0.493 e. The van der Waals surface area contributed by atoms with Gasteiger partial charge in [0.05, 0.1) is 18.2 Å². The van der Waals surface area contributed by atoms with E-state index in [2.05, 4.69) is 21.2 Å². The smallest absolute Gasteiger partial charge is 0.344 e. The Bertz CT molecular complexity index is 1010. The number of halogens is 1. The number of rotatable bonds is 8. The molecule has 0 radical (unpaired) electrons. The predicted molar refractivity (Wildman–Crippen MR) is 116 cm³/mol. The summed E-state index contributed by atoms with van der Waals surface area (Å²) in [6.45, 7) is 3.55. The van der Waals surface area contributed by atoms with E-state index in [-0.39, 0.29) is 18.8 Å². The minimum atomic E-state index is -0.524. The lowest BCUT2D eigenvalue weighted by atomic mass is 10.1. The topological polar surface area (TPSA) is 97.7 Å². The van der Waals surface area contributed by atoms with Gasteiger partial charge in [0.25, 0.3) is 5.91 Å². The van der Waals surface area contributed by atoms with Crippen LogP contribution in [0.15, 0.2) is 46.4 Å². The number of methoxy groups -OCH3 is 1. The summed E-state index contributed by atoms with van der Waals surface area (Å²) in [6.07, 6.45) is 1.44. The Kier molecular flexibility index (Phi) is 8.44. The third-order valence-corrected chi connectivity index (χ3v) is 4.55. The monoisotopic (exact) mass is 472 g/mol. The molecule has 0 atom stereocenters. The maximum absolute atomic E-state index is 12.5. The third-order valence-electron chi connectivity index (χ3n) is 3.96. The van der Waals surface area contributed by atoms with Crippen molar-refractivity contribution >= 4 is 39.6 Å². The van der Waals surface area contributed by atoms with Gasteiger partial charge in [0.2, 0.25) is 0 Å². The highest BCUT2D eigenvalue weighted by Gasteiger charge is 2.16. The van der Waals surface area contributed by atoms with Crippen LogP contribution in [-0.2, 0) is 14.3 Å². The first-order valence-corrected chi connectivity index (χ1v) is 9.83. The van der Waals surface area contributed by atoms with Crippen molar-refractivity contribution in [1.29, 1.82) is 5.26 Å². The first kappa shape index (κ1) is 23.0. The van der Waals surface area contributed by atoms with Crippen molar-refractivity contribution < 1.29 is 23.8 Å². The zero-order valence-corrected chi connectivity index (χ0v) is 18.4. The molecule has 2 aromatic rings. The number of para-hydroxylation sites is 1. The number of amides is 1. The molecule has 2 rings (SSSR count). The van der Waals surface area contributed by atoms with Crippen molar-refractivity contribution in [3.63, 3.8) is 0 Å². The van der Waals surface area contributed by atoms with E-state index in [1.807, 2.05) is 25.1 Å². The van der Waals surface area contributed by atoms with Gasteiger partial charge in [0.15, 0.2) is 18.1 Å². The highest BCUT2D eigenvalue weighted by atomic mass is 79.9. The van der Waals surface area contributed by atoms with Gasteiger partial charge >= 0.3 is 5.97 Å². The SMILES string of the molecule is CCOC(=O)COc1c(Br)cc(/C=C(/C#N)C(=O)Nc2ccccc2C)cc1OC. The summed E-state index contributed by atoms with van der Waals surface area (Å²) in [5.74, 6) is -0.387. The van der Waals surface area contributed by atoms with E-state index in [0.29, 0.717) is 27.2 Å². The Morgan fingerprint density at radius 2 is 2.00 bits per heavy atom. The quantitative estimate of drug-likeness (QED) is 0.350. The van der Waals surface area contributed by atoms with Crippen LogP contribution < -0.4 is 14.8 Å². The zero-order chi connectivity index (χ0) is 22.1. The second kappa shape index (κ2) is 11.0. The number of aryl methyl sites for hydroxylation is 1. The Balaban J connectivity index is 2.26. The fraction of sp³-hybridized carbons (Fsp3) is 0.227. The fourth-order valence-electron chi connectivity index (χ4n) is 2.51. The Morgan fingerprint density at radius 1 is 1.27 bits per heavy atom. The standard InChI is InChI=1S/C22H21BrN2O5/c1-4-29-20(26)13-30-21-17(23)10-15(11-19(21)28-3)9-16(12-24)22(27)25-18-8-6-5-7-14(18)2/h5-11H,4,13H2,1-3H3,(H,25,27)/b16-9-. The number of benzene rings is 2. The molecule has 0 saturated heterocycles. The Hall–Kier alpha value is -3.31. The molecule has 8 heteroatoms. The molecular formula is C22H21BrN2O5. The molecule has 2 aromatic carbocycles. The highest BCUT2D eigenvalue weighted by Crippen LogP contribution is 2.37. The molecule has 1 amide bonds. The minimum absolute atomic E-state index is 0.0765. The van der Waals surface area contributed by atoms with Crippen molar-refractivity contribution in [2.45, 2.75) is 13.8 Å². The molecule has 0 fully saturated rings. The number of ether oxygens (including phenoxy) is 3. The minimum Gasteiger partial charge on any atom is -0.493 e. The molecule has 0 spiro atoms. The first-order valence-electron chi connectivity index (χ1n) is 9.04. The van der Waals surface area contributed by atoms with E-state index in [4.69, 9.17) is 14.2 Å². The van der Waals surface area contributed by atoms with Gasteiger partial charge in [-0.1, -0.05) is 18.2 Å².